The lowest BCUT2D eigenvalue weighted by Gasteiger charge is -2.13. The topological polar surface area (TPSA) is 99.7 Å². The van der Waals surface area contributed by atoms with Crippen molar-refractivity contribution in [1.82, 2.24) is 9.97 Å². The molecule has 0 radical (unpaired) electrons. The van der Waals surface area contributed by atoms with Gasteiger partial charge in [0.25, 0.3) is 0 Å². The van der Waals surface area contributed by atoms with Crippen molar-refractivity contribution in [3.05, 3.63) is 47.3 Å². The van der Waals surface area contributed by atoms with E-state index < -0.39 is 0 Å². The molecule has 0 fully saturated rings. The zero-order valence-electron chi connectivity index (χ0n) is 11.9. The van der Waals surface area contributed by atoms with Crippen LogP contribution in [-0.2, 0) is 13.0 Å². The van der Waals surface area contributed by atoms with Crippen molar-refractivity contribution in [2.75, 3.05) is 10.7 Å². The average Bonchev–Trinajstić information content (AvgIpc) is 2.54. The Morgan fingerprint density at radius 2 is 2.10 bits per heavy atom. The fraction of sp³-hybridized carbons (Fsp3) is 0.267. The van der Waals surface area contributed by atoms with E-state index in [0.29, 0.717) is 17.9 Å². The molecule has 2 rings (SSSR count). The Morgan fingerprint density at radius 1 is 1.29 bits per heavy atom. The number of nitriles is 1. The van der Waals surface area contributed by atoms with Gasteiger partial charge in [-0.2, -0.15) is 5.26 Å². The van der Waals surface area contributed by atoms with Crippen LogP contribution in [0.1, 0.15) is 30.0 Å². The maximum Gasteiger partial charge on any atom is 0.148 e. The van der Waals surface area contributed by atoms with Crippen molar-refractivity contribution < 1.29 is 0 Å². The minimum absolute atomic E-state index is 0.591. The lowest BCUT2D eigenvalue weighted by molar-refractivity contribution is 0.896. The van der Waals surface area contributed by atoms with Crippen LogP contribution in [0.4, 0.5) is 11.6 Å². The van der Waals surface area contributed by atoms with Crippen LogP contribution >= 0.6 is 0 Å². The maximum atomic E-state index is 8.92. The summed E-state index contributed by atoms with van der Waals surface area (Å²) in [6, 6.07) is 9.62. The molecule has 0 aliphatic carbocycles. The number of rotatable bonds is 6. The summed E-state index contributed by atoms with van der Waals surface area (Å²) in [6.07, 6.45) is 3.28. The van der Waals surface area contributed by atoms with Crippen LogP contribution in [0.25, 0.3) is 0 Å². The zero-order chi connectivity index (χ0) is 15.1. The molecule has 2 aromatic rings. The number of nitrogens with zero attached hydrogens (tertiary/aromatic N) is 3. The monoisotopic (exact) mass is 282 g/mol. The van der Waals surface area contributed by atoms with Crippen molar-refractivity contribution >= 4 is 11.6 Å². The third-order valence-electron chi connectivity index (χ3n) is 3.10. The Hall–Kier alpha value is -2.65. The fourth-order valence-corrected chi connectivity index (χ4v) is 2.11. The largest absolute Gasteiger partial charge is 0.366 e. The molecule has 6 nitrogen and oxygen atoms in total. The Kier molecular flexibility index (Phi) is 5.07. The predicted octanol–water partition coefficient (Wildman–Crippen LogP) is 2.20. The van der Waals surface area contributed by atoms with Crippen LogP contribution in [0, 0.1) is 11.3 Å². The second-order valence-corrected chi connectivity index (χ2v) is 4.61. The minimum atomic E-state index is 0.591. The summed E-state index contributed by atoms with van der Waals surface area (Å²) in [5, 5.41) is 12.2. The molecule has 0 amide bonds. The van der Waals surface area contributed by atoms with Gasteiger partial charge < -0.3 is 10.7 Å². The van der Waals surface area contributed by atoms with Gasteiger partial charge >= 0.3 is 0 Å². The van der Waals surface area contributed by atoms with Gasteiger partial charge in [0, 0.05) is 12.1 Å². The van der Waals surface area contributed by atoms with Crippen LogP contribution in [0.5, 0.6) is 0 Å². The molecular formula is C15H18N6. The van der Waals surface area contributed by atoms with E-state index in [-0.39, 0.29) is 0 Å². The lowest BCUT2D eigenvalue weighted by atomic mass is 10.1. The van der Waals surface area contributed by atoms with Gasteiger partial charge in [0.05, 0.1) is 11.6 Å². The molecule has 108 valence electrons. The third-order valence-corrected chi connectivity index (χ3v) is 3.10. The molecular weight excluding hydrogens is 264 g/mol. The second kappa shape index (κ2) is 7.22. The van der Waals surface area contributed by atoms with Crippen molar-refractivity contribution in [1.29, 1.82) is 5.26 Å². The van der Waals surface area contributed by atoms with Gasteiger partial charge in [-0.3, -0.25) is 0 Å². The van der Waals surface area contributed by atoms with E-state index in [2.05, 4.69) is 33.7 Å². The Labute approximate surface area is 124 Å². The summed E-state index contributed by atoms with van der Waals surface area (Å²) in [7, 11) is 0. The SMILES string of the molecule is CCCc1c(NN)ncnc1NCc1cccc(C#N)c1. The van der Waals surface area contributed by atoms with E-state index >= 15 is 0 Å². The summed E-state index contributed by atoms with van der Waals surface area (Å²) >= 11 is 0. The van der Waals surface area contributed by atoms with Crippen molar-refractivity contribution in [3.8, 4) is 6.07 Å². The van der Waals surface area contributed by atoms with E-state index in [1.165, 1.54) is 6.33 Å². The standard InChI is InChI=1S/C15H18N6/c1-2-4-13-14(19-10-20-15(13)21-17)18-9-12-6-3-5-11(7-12)8-16/h3,5-7,10H,2,4,9,17H2,1H3,(H2,18,19,20,21). The van der Waals surface area contributed by atoms with Gasteiger partial charge in [0.2, 0.25) is 0 Å². The summed E-state index contributed by atoms with van der Waals surface area (Å²) in [4.78, 5) is 8.41. The first-order chi connectivity index (χ1) is 10.3. The van der Waals surface area contributed by atoms with Gasteiger partial charge in [0.1, 0.15) is 18.0 Å². The Balaban J connectivity index is 2.17. The molecule has 4 N–H and O–H groups in total. The summed E-state index contributed by atoms with van der Waals surface area (Å²) in [5.74, 6) is 6.90. The third kappa shape index (κ3) is 3.68. The molecule has 0 unspecified atom stereocenters. The van der Waals surface area contributed by atoms with Crippen molar-refractivity contribution in [2.24, 2.45) is 5.84 Å². The number of hydrazine groups is 1. The van der Waals surface area contributed by atoms with Gasteiger partial charge in [-0.1, -0.05) is 25.5 Å². The molecule has 0 atom stereocenters. The first kappa shape index (κ1) is 14.8. The summed E-state index contributed by atoms with van der Waals surface area (Å²) < 4.78 is 0. The highest BCUT2D eigenvalue weighted by Crippen LogP contribution is 2.21. The maximum absolute atomic E-state index is 8.92. The number of benzene rings is 1. The molecule has 21 heavy (non-hydrogen) atoms. The van der Waals surface area contributed by atoms with Crippen LogP contribution in [0.15, 0.2) is 30.6 Å². The van der Waals surface area contributed by atoms with Crippen LogP contribution < -0.4 is 16.6 Å². The number of aromatic nitrogens is 2. The Morgan fingerprint density at radius 3 is 2.81 bits per heavy atom. The number of hydrogen-bond acceptors (Lipinski definition) is 6. The zero-order valence-corrected chi connectivity index (χ0v) is 11.9. The molecule has 0 aliphatic rings. The number of hydrogen-bond donors (Lipinski definition) is 3. The van der Waals surface area contributed by atoms with Gasteiger partial charge in [-0.25, -0.2) is 15.8 Å². The highest BCUT2D eigenvalue weighted by molar-refractivity contribution is 5.57. The molecule has 0 saturated carbocycles. The Bertz CT molecular complexity index is 647. The van der Waals surface area contributed by atoms with E-state index in [1.807, 2.05) is 18.2 Å². The van der Waals surface area contributed by atoms with E-state index in [9.17, 15) is 0 Å². The van der Waals surface area contributed by atoms with Gasteiger partial charge in [0.15, 0.2) is 0 Å². The molecule has 0 saturated heterocycles. The molecule has 1 aromatic heterocycles. The average molecular weight is 282 g/mol. The van der Waals surface area contributed by atoms with Crippen LogP contribution in [-0.4, -0.2) is 9.97 Å². The summed E-state index contributed by atoms with van der Waals surface area (Å²) in [6.45, 7) is 2.68. The first-order valence-electron chi connectivity index (χ1n) is 6.82. The van der Waals surface area contributed by atoms with Crippen molar-refractivity contribution in [2.45, 2.75) is 26.3 Å². The molecule has 0 bridgehead atoms. The fourth-order valence-electron chi connectivity index (χ4n) is 2.11. The van der Waals surface area contributed by atoms with Gasteiger partial charge in [-0.05, 0) is 24.1 Å². The highest BCUT2D eigenvalue weighted by Gasteiger charge is 2.09. The first-order valence-corrected chi connectivity index (χ1v) is 6.82. The van der Waals surface area contributed by atoms with E-state index in [1.54, 1.807) is 6.07 Å². The lowest BCUT2D eigenvalue weighted by Crippen LogP contribution is -2.14. The molecule has 1 heterocycles. The molecule has 6 heteroatoms. The van der Waals surface area contributed by atoms with E-state index in [4.69, 9.17) is 11.1 Å². The number of nitrogens with one attached hydrogen (secondary N) is 2. The smallest absolute Gasteiger partial charge is 0.148 e. The second-order valence-electron chi connectivity index (χ2n) is 4.61. The van der Waals surface area contributed by atoms with E-state index in [0.717, 1.165) is 29.8 Å². The summed E-state index contributed by atoms with van der Waals surface area (Å²) in [5.41, 5.74) is 5.25. The normalized spacial score (nSPS) is 9.95. The molecule has 0 spiro atoms. The quantitative estimate of drug-likeness (QED) is 0.555. The van der Waals surface area contributed by atoms with Crippen molar-refractivity contribution in [3.63, 3.8) is 0 Å². The van der Waals surface area contributed by atoms with Gasteiger partial charge in [-0.15, -0.1) is 0 Å². The highest BCUT2D eigenvalue weighted by atomic mass is 15.3. The number of anilines is 2. The van der Waals surface area contributed by atoms with Crippen LogP contribution in [0.2, 0.25) is 0 Å². The predicted molar refractivity (Wildman–Crippen MR) is 82.3 cm³/mol. The molecule has 1 aromatic carbocycles. The van der Waals surface area contributed by atoms with Crippen LogP contribution in [0.3, 0.4) is 0 Å². The molecule has 0 aliphatic heterocycles. The number of nitrogen functional groups attached to an aromatic ring is 1. The number of nitrogens with two attached hydrogens (primary N) is 1. The minimum Gasteiger partial charge on any atom is -0.366 e.